The number of likely N-dealkylation sites (tertiary alicyclic amines) is 1. The monoisotopic (exact) mass is 428 g/mol. The van der Waals surface area contributed by atoms with Crippen LogP contribution in [0.3, 0.4) is 0 Å². The van der Waals surface area contributed by atoms with E-state index in [9.17, 15) is 9.59 Å². The standard InChI is InChI=1S/C21H24N4O2S2/c1-11-12(2)23-24(6)19(26)15(11)18-22-13(3)16(29-18)20(27)25-10-21(4,5)17(25)14-8-7-9-28-14/h7-9,17H,10H2,1-6H3. The average molecular weight is 429 g/mol. The van der Waals surface area contributed by atoms with Gasteiger partial charge in [0.15, 0.2) is 0 Å². The van der Waals surface area contributed by atoms with Crippen molar-refractivity contribution in [3.63, 3.8) is 0 Å². The first-order valence-corrected chi connectivity index (χ1v) is 11.2. The molecule has 3 aromatic rings. The molecule has 4 rings (SSSR count). The molecular weight excluding hydrogens is 404 g/mol. The van der Waals surface area contributed by atoms with Crippen LogP contribution in [0.25, 0.3) is 10.6 Å². The second-order valence-corrected chi connectivity index (χ2v) is 10.3. The van der Waals surface area contributed by atoms with E-state index in [1.165, 1.54) is 20.9 Å². The largest absolute Gasteiger partial charge is 0.329 e. The van der Waals surface area contributed by atoms with Crippen LogP contribution in [-0.4, -0.2) is 32.1 Å². The lowest BCUT2D eigenvalue weighted by atomic mass is 9.74. The number of carbonyl (C=O) groups excluding carboxylic acids is 1. The van der Waals surface area contributed by atoms with Crippen LogP contribution in [0.15, 0.2) is 22.3 Å². The van der Waals surface area contributed by atoms with Crippen molar-refractivity contribution >= 4 is 28.6 Å². The molecule has 0 bridgehead atoms. The first kappa shape index (κ1) is 20.0. The molecule has 0 aromatic carbocycles. The zero-order valence-corrected chi connectivity index (χ0v) is 19.1. The third kappa shape index (κ3) is 3.14. The van der Waals surface area contributed by atoms with Gasteiger partial charge in [0.25, 0.3) is 11.5 Å². The van der Waals surface area contributed by atoms with Gasteiger partial charge in [0, 0.05) is 23.9 Å². The van der Waals surface area contributed by atoms with E-state index in [-0.39, 0.29) is 22.9 Å². The summed E-state index contributed by atoms with van der Waals surface area (Å²) < 4.78 is 1.33. The predicted octanol–water partition coefficient (Wildman–Crippen LogP) is 4.11. The first-order chi connectivity index (χ1) is 13.6. The predicted molar refractivity (Wildman–Crippen MR) is 117 cm³/mol. The molecule has 0 aliphatic carbocycles. The van der Waals surface area contributed by atoms with Crippen molar-refractivity contribution in [2.24, 2.45) is 12.5 Å². The highest BCUT2D eigenvalue weighted by molar-refractivity contribution is 7.17. The van der Waals surface area contributed by atoms with Crippen molar-refractivity contribution in [3.8, 4) is 10.6 Å². The van der Waals surface area contributed by atoms with Gasteiger partial charge in [-0.1, -0.05) is 19.9 Å². The Morgan fingerprint density at radius 2 is 1.97 bits per heavy atom. The number of aromatic nitrogens is 3. The van der Waals surface area contributed by atoms with Crippen LogP contribution in [0.2, 0.25) is 0 Å². The van der Waals surface area contributed by atoms with E-state index in [1.54, 1.807) is 18.4 Å². The summed E-state index contributed by atoms with van der Waals surface area (Å²) in [6, 6.07) is 4.18. The van der Waals surface area contributed by atoms with Crippen molar-refractivity contribution in [1.29, 1.82) is 0 Å². The van der Waals surface area contributed by atoms with Gasteiger partial charge in [-0.2, -0.15) is 5.10 Å². The van der Waals surface area contributed by atoms with Crippen LogP contribution in [0.4, 0.5) is 0 Å². The molecule has 152 valence electrons. The van der Waals surface area contributed by atoms with Gasteiger partial charge in [0.05, 0.1) is 23.0 Å². The zero-order chi connectivity index (χ0) is 21.1. The van der Waals surface area contributed by atoms with E-state index in [2.05, 4.69) is 30.0 Å². The molecule has 1 atom stereocenters. The SMILES string of the molecule is Cc1nc(-c2c(C)c(C)nn(C)c2=O)sc1C(=O)N1CC(C)(C)C1c1cccs1. The quantitative estimate of drug-likeness (QED) is 0.629. The number of rotatable bonds is 3. The average Bonchev–Trinajstić information content (AvgIpc) is 3.28. The molecule has 1 fully saturated rings. The number of thiazole rings is 1. The van der Waals surface area contributed by atoms with Gasteiger partial charge in [0.1, 0.15) is 9.88 Å². The molecule has 0 spiro atoms. The highest BCUT2D eigenvalue weighted by atomic mass is 32.1. The van der Waals surface area contributed by atoms with Gasteiger partial charge < -0.3 is 4.90 Å². The molecule has 8 heteroatoms. The number of carbonyl (C=O) groups is 1. The van der Waals surface area contributed by atoms with E-state index >= 15 is 0 Å². The van der Waals surface area contributed by atoms with Crippen molar-refractivity contribution in [3.05, 3.63) is 54.6 Å². The van der Waals surface area contributed by atoms with Gasteiger partial charge >= 0.3 is 0 Å². The summed E-state index contributed by atoms with van der Waals surface area (Å²) in [4.78, 5) is 34.4. The number of amides is 1. The van der Waals surface area contributed by atoms with Crippen LogP contribution >= 0.6 is 22.7 Å². The molecule has 0 radical (unpaired) electrons. The highest BCUT2D eigenvalue weighted by Gasteiger charge is 2.50. The van der Waals surface area contributed by atoms with Gasteiger partial charge in [-0.15, -0.1) is 22.7 Å². The van der Waals surface area contributed by atoms with Crippen molar-refractivity contribution in [1.82, 2.24) is 19.7 Å². The summed E-state index contributed by atoms with van der Waals surface area (Å²) in [5, 5.41) is 6.87. The maximum Gasteiger partial charge on any atom is 0.277 e. The van der Waals surface area contributed by atoms with E-state index in [1.807, 2.05) is 37.1 Å². The molecular formula is C21H24N4O2S2. The Labute approximate surface area is 177 Å². The molecule has 29 heavy (non-hydrogen) atoms. The Bertz CT molecular complexity index is 1160. The summed E-state index contributed by atoms with van der Waals surface area (Å²) in [7, 11) is 1.64. The molecule has 1 saturated heterocycles. The fraction of sp³-hybridized carbons (Fsp3) is 0.429. The van der Waals surface area contributed by atoms with Gasteiger partial charge in [-0.25, -0.2) is 9.67 Å². The van der Waals surface area contributed by atoms with Crippen LogP contribution in [0.5, 0.6) is 0 Å². The number of hydrogen-bond donors (Lipinski definition) is 0. The molecule has 1 aliphatic heterocycles. The van der Waals surface area contributed by atoms with E-state index in [0.717, 1.165) is 11.3 Å². The second-order valence-electron chi connectivity index (χ2n) is 8.29. The summed E-state index contributed by atoms with van der Waals surface area (Å²) in [6.45, 7) is 10.7. The van der Waals surface area contributed by atoms with Crippen molar-refractivity contribution in [2.45, 2.75) is 40.7 Å². The molecule has 1 aliphatic rings. The molecule has 0 N–H and O–H groups in total. The molecule has 1 amide bonds. The lowest BCUT2D eigenvalue weighted by Gasteiger charge is -2.53. The highest BCUT2D eigenvalue weighted by Crippen LogP contribution is 2.50. The first-order valence-electron chi connectivity index (χ1n) is 9.48. The maximum absolute atomic E-state index is 13.4. The third-order valence-corrected chi connectivity index (χ3v) is 7.72. The lowest BCUT2D eigenvalue weighted by molar-refractivity contribution is -0.0302. The number of thiophene rings is 1. The number of nitrogens with zero attached hydrogens (tertiary/aromatic N) is 4. The van der Waals surface area contributed by atoms with Crippen LogP contribution < -0.4 is 5.56 Å². The number of hydrogen-bond acceptors (Lipinski definition) is 6. The molecule has 3 aromatic heterocycles. The third-order valence-electron chi connectivity index (χ3n) is 5.63. The van der Waals surface area contributed by atoms with Crippen LogP contribution in [0, 0.1) is 26.2 Å². The Morgan fingerprint density at radius 3 is 2.59 bits per heavy atom. The van der Waals surface area contributed by atoms with Crippen molar-refractivity contribution < 1.29 is 4.79 Å². The Balaban J connectivity index is 1.73. The van der Waals surface area contributed by atoms with Gasteiger partial charge in [0.2, 0.25) is 0 Å². The number of aryl methyl sites for hydroxylation is 3. The fourth-order valence-electron chi connectivity index (χ4n) is 4.03. The Kier molecular flexibility index (Phi) is 4.74. The zero-order valence-electron chi connectivity index (χ0n) is 17.4. The Morgan fingerprint density at radius 1 is 1.24 bits per heavy atom. The lowest BCUT2D eigenvalue weighted by Crippen LogP contribution is -2.57. The molecule has 6 nitrogen and oxygen atoms in total. The smallest absolute Gasteiger partial charge is 0.277 e. The summed E-state index contributed by atoms with van der Waals surface area (Å²) in [5.41, 5.74) is 2.64. The minimum Gasteiger partial charge on any atom is -0.329 e. The normalized spacial score (nSPS) is 18.0. The molecule has 4 heterocycles. The summed E-state index contributed by atoms with van der Waals surface area (Å²) in [6.07, 6.45) is 0. The molecule has 1 unspecified atom stereocenters. The minimum absolute atomic E-state index is 0.00997. The van der Waals surface area contributed by atoms with Gasteiger partial charge in [-0.05, 0) is 37.8 Å². The van der Waals surface area contributed by atoms with Crippen molar-refractivity contribution in [2.75, 3.05) is 6.54 Å². The summed E-state index contributed by atoms with van der Waals surface area (Å²) in [5.74, 6) is -0.00997. The Hall–Kier alpha value is -2.32. The second kappa shape index (κ2) is 6.88. The van der Waals surface area contributed by atoms with E-state index in [4.69, 9.17) is 0 Å². The molecule has 0 saturated carbocycles. The van der Waals surface area contributed by atoms with Crippen LogP contribution in [-0.2, 0) is 7.05 Å². The van der Waals surface area contributed by atoms with E-state index < -0.39 is 0 Å². The van der Waals surface area contributed by atoms with Gasteiger partial charge in [-0.3, -0.25) is 9.59 Å². The van der Waals surface area contributed by atoms with E-state index in [0.29, 0.717) is 27.7 Å². The van der Waals surface area contributed by atoms with Crippen LogP contribution in [0.1, 0.15) is 51.4 Å². The summed E-state index contributed by atoms with van der Waals surface area (Å²) >= 11 is 2.99. The fourth-order valence-corrected chi connectivity index (χ4v) is 6.20. The maximum atomic E-state index is 13.4. The minimum atomic E-state index is -0.192. The topological polar surface area (TPSA) is 68.1 Å².